The minimum atomic E-state index is -0.173. The fourth-order valence-electron chi connectivity index (χ4n) is 1.86. The molecule has 0 bridgehead atoms. The predicted molar refractivity (Wildman–Crippen MR) is 79.6 cm³/mol. The maximum Gasteiger partial charge on any atom is 0.255 e. The predicted octanol–water partition coefficient (Wildman–Crippen LogP) is 2.50. The van der Waals surface area contributed by atoms with Crippen LogP contribution in [0, 0.1) is 11.8 Å². The minimum absolute atomic E-state index is 0.0594. The van der Waals surface area contributed by atoms with E-state index in [0.29, 0.717) is 12.0 Å². The summed E-state index contributed by atoms with van der Waals surface area (Å²) in [4.78, 5) is 12.0. The van der Waals surface area contributed by atoms with Crippen LogP contribution in [0.3, 0.4) is 0 Å². The highest BCUT2D eigenvalue weighted by molar-refractivity contribution is 5.94. The first-order valence-electron chi connectivity index (χ1n) is 6.73. The van der Waals surface area contributed by atoms with Crippen molar-refractivity contribution in [3.8, 4) is 11.8 Å². The number of carbonyl (C=O) groups excluding carboxylic acids is 1. The molecule has 1 unspecified atom stereocenters. The average Bonchev–Trinajstić information content (AvgIpc) is 3.02. The Morgan fingerprint density at radius 1 is 1.43 bits per heavy atom. The Labute approximate surface area is 123 Å². The molecule has 0 fully saturated rings. The molecule has 1 aromatic heterocycles. The Balaban J connectivity index is 2.06. The summed E-state index contributed by atoms with van der Waals surface area (Å²) in [6.07, 6.45) is 3.34. The number of furan rings is 1. The molecule has 1 amide bonds. The first-order valence-corrected chi connectivity index (χ1v) is 6.73. The fourth-order valence-corrected chi connectivity index (χ4v) is 1.86. The van der Waals surface area contributed by atoms with Gasteiger partial charge in [-0.05, 0) is 30.7 Å². The average molecular weight is 283 g/mol. The Morgan fingerprint density at radius 3 is 3.00 bits per heavy atom. The second-order valence-corrected chi connectivity index (χ2v) is 4.61. The van der Waals surface area contributed by atoms with Gasteiger partial charge in [0.05, 0.1) is 24.5 Å². The molecular weight excluding hydrogens is 266 g/mol. The molecule has 0 aliphatic rings. The van der Waals surface area contributed by atoms with E-state index >= 15 is 0 Å². The van der Waals surface area contributed by atoms with Crippen molar-refractivity contribution >= 4 is 5.91 Å². The van der Waals surface area contributed by atoms with Crippen LogP contribution in [0.15, 0.2) is 47.3 Å². The molecular formula is C17H17NO3. The van der Waals surface area contributed by atoms with Gasteiger partial charge in [-0.1, -0.05) is 24.0 Å². The molecule has 1 heterocycles. The molecule has 2 rings (SSSR count). The summed E-state index contributed by atoms with van der Waals surface area (Å²) >= 11 is 0. The number of hydrogen-bond acceptors (Lipinski definition) is 3. The van der Waals surface area contributed by atoms with E-state index in [4.69, 9.17) is 9.52 Å². The lowest BCUT2D eigenvalue weighted by Gasteiger charge is -2.14. The lowest BCUT2D eigenvalue weighted by atomic mass is 10.0. The zero-order valence-electron chi connectivity index (χ0n) is 11.8. The Kier molecular flexibility index (Phi) is 5.19. The van der Waals surface area contributed by atoms with E-state index in [-0.39, 0.29) is 18.6 Å². The normalized spacial score (nSPS) is 11.3. The first-order chi connectivity index (χ1) is 10.2. The second-order valence-electron chi connectivity index (χ2n) is 4.61. The molecule has 1 atom stereocenters. The molecule has 0 radical (unpaired) electrons. The molecule has 4 heteroatoms. The standard InChI is InChI=1S/C17H17NO3/c1-13(18-17(20)16-8-10-21-12-16)15-7-4-6-14(11-15)5-2-3-9-19/h4,6-8,10-13,19H,3,9H2,1H3,(H,18,20). The molecule has 0 saturated carbocycles. The third-order valence-electron chi connectivity index (χ3n) is 2.99. The quantitative estimate of drug-likeness (QED) is 0.847. The van der Waals surface area contributed by atoms with E-state index in [1.807, 2.05) is 31.2 Å². The number of aliphatic hydroxyl groups excluding tert-OH is 1. The van der Waals surface area contributed by atoms with Crippen molar-refractivity contribution in [3.63, 3.8) is 0 Å². The topological polar surface area (TPSA) is 62.5 Å². The van der Waals surface area contributed by atoms with Crippen LogP contribution in [0.5, 0.6) is 0 Å². The van der Waals surface area contributed by atoms with Gasteiger partial charge in [0, 0.05) is 12.0 Å². The van der Waals surface area contributed by atoms with Crippen LogP contribution < -0.4 is 5.32 Å². The van der Waals surface area contributed by atoms with Crippen molar-refractivity contribution < 1.29 is 14.3 Å². The minimum Gasteiger partial charge on any atom is -0.472 e. The maximum atomic E-state index is 12.0. The highest BCUT2D eigenvalue weighted by Gasteiger charge is 2.12. The maximum absolute atomic E-state index is 12.0. The van der Waals surface area contributed by atoms with Crippen LogP contribution in [-0.4, -0.2) is 17.6 Å². The van der Waals surface area contributed by atoms with Crippen LogP contribution in [0.2, 0.25) is 0 Å². The molecule has 0 aliphatic carbocycles. The largest absolute Gasteiger partial charge is 0.472 e. The van der Waals surface area contributed by atoms with E-state index in [1.54, 1.807) is 6.07 Å². The molecule has 0 spiro atoms. The highest BCUT2D eigenvalue weighted by Crippen LogP contribution is 2.15. The van der Waals surface area contributed by atoms with Crippen LogP contribution in [0.4, 0.5) is 0 Å². The van der Waals surface area contributed by atoms with Crippen molar-refractivity contribution in [2.24, 2.45) is 0 Å². The van der Waals surface area contributed by atoms with Crippen molar-refractivity contribution in [3.05, 3.63) is 59.5 Å². The van der Waals surface area contributed by atoms with Gasteiger partial charge in [-0.2, -0.15) is 0 Å². The molecule has 2 N–H and O–H groups in total. The number of rotatable bonds is 4. The van der Waals surface area contributed by atoms with Gasteiger partial charge < -0.3 is 14.8 Å². The molecule has 1 aromatic carbocycles. The molecule has 0 aliphatic heterocycles. The zero-order valence-corrected chi connectivity index (χ0v) is 11.8. The van der Waals surface area contributed by atoms with Crippen molar-refractivity contribution in [2.45, 2.75) is 19.4 Å². The van der Waals surface area contributed by atoms with E-state index in [2.05, 4.69) is 17.2 Å². The van der Waals surface area contributed by atoms with E-state index in [0.717, 1.165) is 11.1 Å². The van der Waals surface area contributed by atoms with Gasteiger partial charge in [0.1, 0.15) is 6.26 Å². The van der Waals surface area contributed by atoms with E-state index < -0.39 is 0 Å². The lowest BCUT2D eigenvalue weighted by molar-refractivity contribution is 0.0939. The lowest BCUT2D eigenvalue weighted by Crippen LogP contribution is -2.26. The van der Waals surface area contributed by atoms with Gasteiger partial charge >= 0.3 is 0 Å². The summed E-state index contributed by atoms with van der Waals surface area (Å²) in [5.74, 6) is 5.69. The first kappa shape index (κ1) is 14.9. The third-order valence-corrected chi connectivity index (χ3v) is 2.99. The van der Waals surface area contributed by atoms with Gasteiger partial charge in [-0.15, -0.1) is 0 Å². The third kappa shape index (κ3) is 4.23. The van der Waals surface area contributed by atoms with Crippen LogP contribution >= 0.6 is 0 Å². The number of nitrogens with one attached hydrogen (secondary N) is 1. The van der Waals surface area contributed by atoms with Gasteiger partial charge in [0.25, 0.3) is 5.91 Å². The SMILES string of the molecule is CC(NC(=O)c1ccoc1)c1cccc(C#CCCO)c1. The number of amides is 1. The monoisotopic (exact) mass is 283 g/mol. The molecule has 21 heavy (non-hydrogen) atoms. The van der Waals surface area contributed by atoms with E-state index in [1.165, 1.54) is 12.5 Å². The van der Waals surface area contributed by atoms with Crippen LogP contribution in [0.25, 0.3) is 0 Å². The number of benzene rings is 1. The van der Waals surface area contributed by atoms with Gasteiger partial charge in [0.15, 0.2) is 0 Å². The smallest absolute Gasteiger partial charge is 0.255 e. The van der Waals surface area contributed by atoms with Crippen molar-refractivity contribution in [2.75, 3.05) is 6.61 Å². The second kappa shape index (κ2) is 7.32. The summed E-state index contributed by atoms with van der Waals surface area (Å²) in [5.41, 5.74) is 2.34. The van der Waals surface area contributed by atoms with Gasteiger partial charge in [-0.25, -0.2) is 0 Å². The van der Waals surface area contributed by atoms with Gasteiger partial charge in [-0.3, -0.25) is 4.79 Å². The highest BCUT2D eigenvalue weighted by atomic mass is 16.3. The van der Waals surface area contributed by atoms with Gasteiger partial charge in [0.2, 0.25) is 0 Å². The van der Waals surface area contributed by atoms with Crippen LogP contribution in [-0.2, 0) is 0 Å². The summed E-state index contributed by atoms with van der Waals surface area (Å²) in [6, 6.07) is 9.17. The summed E-state index contributed by atoms with van der Waals surface area (Å²) < 4.78 is 4.90. The Morgan fingerprint density at radius 2 is 2.29 bits per heavy atom. The summed E-state index contributed by atoms with van der Waals surface area (Å²) in [5, 5.41) is 11.6. The van der Waals surface area contributed by atoms with Crippen LogP contribution in [0.1, 0.15) is 40.9 Å². The Hall–Kier alpha value is -2.51. The van der Waals surface area contributed by atoms with Crippen molar-refractivity contribution in [1.82, 2.24) is 5.32 Å². The van der Waals surface area contributed by atoms with E-state index in [9.17, 15) is 4.79 Å². The summed E-state index contributed by atoms with van der Waals surface area (Å²) in [6.45, 7) is 1.97. The summed E-state index contributed by atoms with van der Waals surface area (Å²) in [7, 11) is 0. The zero-order chi connectivity index (χ0) is 15.1. The molecule has 108 valence electrons. The molecule has 2 aromatic rings. The number of aliphatic hydroxyl groups is 1. The molecule has 4 nitrogen and oxygen atoms in total. The van der Waals surface area contributed by atoms with Crippen molar-refractivity contribution in [1.29, 1.82) is 0 Å². The number of carbonyl (C=O) groups is 1. The fraction of sp³-hybridized carbons (Fsp3) is 0.235. The number of hydrogen-bond donors (Lipinski definition) is 2. The Bertz CT molecular complexity index is 650. The molecule has 0 saturated heterocycles.